The van der Waals surface area contributed by atoms with Crippen LogP contribution in [0.3, 0.4) is 0 Å². The average molecular weight is 309 g/mol. The summed E-state index contributed by atoms with van der Waals surface area (Å²) in [7, 11) is 0. The van der Waals surface area contributed by atoms with E-state index in [4.69, 9.17) is 0 Å². The molecule has 1 aromatic carbocycles. The minimum Gasteiger partial charge on any atom is -0.0922 e. The summed E-state index contributed by atoms with van der Waals surface area (Å²) < 4.78 is 0. The van der Waals surface area contributed by atoms with E-state index < -0.39 is 0 Å². The van der Waals surface area contributed by atoms with E-state index in [1.54, 1.807) is 0 Å². The summed E-state index contributed by atoms with van der Waals surface area (Å²) in [4.78, 5) is 0. The van der Waals surface area contributed by atoms with Gasteiger partial charge in [0.05, 0.1) is 0 Å². The van der Waals surface area contributed by atoms with Gasteiger partial charge in [0.15, 0.2) is 0 Å². The van der Waals surface area contributed by atoms with E-state index in [1.165, 1.54) is 30.4 Å². The SMILES string of the molecule is CC(C)(C)c1ccc(CC(C)(CBr)C2CC2)cc1. The fourth-order valence-electron chi connectivity index (χ4n) is 2.67. The molecular formula is C17H25Br. The molecule has 18 heavy (non-hydrogen) atoms. The summed E-state index contributed by atoms with van der Waals surface area (Å²) in [5, 5.41) is 1.12. The zero-order valence-electron chi connectivity index (χ0n) is 12.1. The van der Waals surface area contributed by atoms with Crippen LogP contribution in [0.5, 0.6) is 0 Å². The van der Waals surface area contributed by atoms with Crippen LogP contribution in [0.1, 0.15) is 51.7 Å². The van der Waals surface area contributed by atoms with Crippen LogP contribution in [0.15, 0.2) is 24.3 Å². The Kier molecular flexibility index (Phi) is 3.92. The van der Waals surface area contributed by atoms with Crippen LogP contribution in [0.2, 0.25) is 0 Å². The Morgan fingerprint density at radius 1 is 1.06 bits per heavy atom. The molecule has 100 valence electrons. The Labute approximate surface area is 120 Å². The van der Waals surface area contributed by atoms with Gasteiger partial charge >= 0.3 is 0 Å². The van der Waals surface area contributed by atoms with Gasteiger partial charge in [-0.05, 0) is 47.1 Å². The molecule has 0 aromatic heterocycles. The van der Waals surface area contributed by atoms with Gasteiger partial charge in [-0.25, -0.2) is 0 Å². The van der Waals surface area contributed by atoms with Gasteiger partial charge < -0.3 is 0 Å². The van der Waals surface area contributed by atoms with Crippen LogP contribution in [-0.2, 0) is 11.8 Å². The van der Waals surface area contributed by atoms with Gasteiger partial charge in [-0.15, -0.1) is 0 Å². The summed E-state index contributed by atoms with van der Waals surface area (Å²) in [5.41, 5.74) is 3.62. The van der Waals surface area contributed by atoms with Crippen LogP contribution in [0.4, 0.5) is 0 Å². The Hall–Kier alpha value is -0.300. The maximum atomic E-state index is 3.72. The number of alkyl halides is 1. The summed E-state index contributed by atoms with van der Waals surface area (Å²) in [6.07, 6.45) is 4.04. The minimum absolute atomic E-state index is 0.258. The highest BCUT2D eigenvalue weighted by molar-refractivity contribution is 9.09. The lowest BCUT2D eigenvalue weighted by atomic mass is 9.80. The molecule has 0 bridgehead atoms. The molecule has 0 N–H and O–H groups in total. The van der Waals surface area contributed by atoms with Crippen molar-refractivity contribution in [2.75, 3.05) is 5.33 Å². The lowest BCUT2D eigenvalue weighted by Gasteiger charge is -2.28. The topological polar surface area (TPSA) is 0 Å². The largest absolute Gasteiger partial charge is 0.0922 e. The Morgan fingerprint density at radius 2 is 1.61 bits per heavy atom. The van der Waals surface area contributed by atoms with Gasteiger partial charge in [0.25, 0.3) is 0 Å². The maximum absolute atomic E-state index is 3.72. The normalized spacial score (nSPS) is 19.6. The Balaban J connectivity index is 2.10. The molecule has 1 saturated carbocycles. The van der Waals surface area contributed by atoms with Crippen LogP contribution in [0, 0.1) is 11.3 Å². The zero-order valence-corrected chi connectivity index (χ0v) is 13.7. The van der Waals surface area contributed by atoms with Crippen molar-refractivity contribution in [2.24, 2.45) is 11.3 Å². The van der Waals surface area contributed by atoms with Crippen molar-refractivity contribution in [2.45, 2.75) is 52.4 Å². The highest BCUT2D eigenvalue weighted by Crippen LogP contribution is 2.48. The molecule has 1 unspecified atom stereocenters. The lowest BCUT2D eigenvalue weighted by Crippen LogP contribution is -2.24. The average Bonchev–Trinajstić information content (AvgIpc) is 3.12. The van der Waals surface area contributed by atoms with E-state index in [1.807, 2.05) is 0 Å². The first kappa shape index (κ1) is 14.1. The molecule has 1 aliphatic rings. The molecule has 0 aliphatic heterocycles. The van der Waals surface area contributed by atoms with Gasteiger partial charge in [-0.3, -0.25) is 0 Å². The molecule has 0 heterocycles. The third kappa shape index (κ3) is 3.17. The second-order valence-corrected chi connectivity index (χ2v) is 7.75. The second kappa shape index (κ2) is 5.00. The molecule has 1 aromatic rings. The summed E-state index contributed by atoms with van der Waals surface area (Å²) in [6, 6.07) is 9.25. The van der Waals surface area contributed by atoms with Crippen molar-refractivity contribution >= 4 is 15.9 Å². The molecule has 0 radical (unpaired) electrons. The quantitative estimate of drug-likeness (QED) is 0.659. The number of benzene rings is 1. The van der Waals surface area contributed by atoms with Crippen molar-refractivity contribution < 1.29 is 0 Å². The Bertz CT molecular complexity index is 395. The number of hydrogen-bond donors (Lipinski definition) is 0. The van der Waals surface area contributed by atoms with Crippen molar-refractivity contribution in [3.63, 3.8) is 0 Å². The Morgan fingerprint density at radius 3 is 2.00 bits per heavy atom. The van der Waals surface area contributed by atoms with Gasteiger partial charge in [-0.2, -0.15) is 0 Å². The van der Waals surface area contributed by atoms with Gasteiger partial charge in [0.1, 0.15) is 0 Å². The third-order valence-corrected chi connectivity index (χ3v) is 5.58. The molecular weight excluding hydrogens is 284 g/mol. The van der Waals surface area contributed by atoms with Crippen molar-refractivity contribution in [1.82, 2.24) is 0 Å². The van der Waals surface area contributed by atoms with E-state index in [-0.39, 0.29) is 5.41 Å². The molecule has 0 spiro atoms. The molecule has 0 amide bonds. The minimum atomic E-state index is 0.258. The summed E-state index contributed by atoms with van der Waals surface area (Å²) in [5.74, 6) is 0.930. The number of rotatable bonds is 4. The van der Waals surface area contributed by atoms with E-state index >= 15 is 0 Å². The first-order valence-electron chi connectivity index (χ1n) is 7.00. The molecule has 0 nitrogen and oxygen atoms in total. The lowest BCUT2D eigenvalue weighted by molar-refractivity contribution is 0.319. The maximum Gasteiger partial charge on any atom is 0.00911 e. The fraction of sp³-hybridized carbons (Fsp3) is 0.647. The van der Waals surface area contributed by atoms with Gasteiger partial charge in [0, 0.05) is 5.33 Å². The summed E-state index contributed by atoms with van der Waals surface area (Å²) in [6.45, 7) is 9.25. The fourth-order valence-corrected chi connectivity index (χ4v) is 3.33. The predicted molar refractivity (Wildman–Crippen MR) is 83.5 cm³/mol. The highest BCUT2D eigenvalue weighted by atomic mass is 79.9. The van der Waals surface area contributed by atoms with Crippen LogP contribution in [0.25, 0.3) is 0 Å². The van der Waals surface area contributed by atoms with Crippen molar-refractivity contribution in [1.29, 1.82) is 0 Å². The van der Waals surface area contributed by atoms with Crippen LogP contribution < -0.4 is 0 Å². The van der Waals surface area contributed by atoms with E-state index in [2.05, 4.69) is 67.9 Å². The third-order valence-electron chi connectivity index (χ3n) is 4.30. The molecule has 1 fully saturated rings. The van der Waals surface area contributed by atoms with Crippen LogP contribution in [-0.4, -0.2) is 5.33 Å². The predicted octanol–water partition coefficient (Wildman–Crippen LogP) is 5.34. The highest BCUT2D eigenvalue weighted by Gasteiger charge is 2.40. The van der Waals surface area contributed by atoms with E-state index in [0.29, 0.717) is 5.41 Å². The first-order valence-corrected chi connectivity index (χ1v) is 8.13. The van der Waals surface area contributed by atoms with Crippen LogP contribution >= 0.6 is 15.9 Å². The second-order valence-electron chi connectivity index (χ2n) is 7.19. The van der Waals surface area contributed by atoms with Crippen molar-refractivity contribution in [3.8, 4) is 0 Å². The smallest absolute Gasteiger partial charge is 0.00911 e. The molecule has 1 heteroatoms. The summed E-state index contributed by atoms with van der Waals surface area (Å²) >= 11 is 3.72. The van der Waals surface area contributed by atoms with E-state index in [0.717, 1.165) is 11.2 Å². The molecule has 2 rings (SSSR count). The monoisotopic (exact) mass is 308 g/mol. The number of halogens is 1. The van der Waals surface area contributed by atoms with Crippen molar-refractivity contribution in [3.05, 3.63) is 35.4 Å². The standard InChI is InChI=1S/C17H25Br/c1-16(2,3)14-7-5-13(6-8-14)11-17(4,12-18)15-9-10-15/h5-8,15H,9-12H2,1-4H3. The number of hydrogen-bond acceptors (Lipinski definition) is 0. The van der Waals surface area contributed by atoms with Gasteiger partial charge in [-0.1, -0.05) is 67.9 Å². The zero-order chi connectivity index (χ0) is 13.4. The van der Waals surface area contributed by atoms with E-state index in [9.17, 15) is 0 Å². The molecule has 1 atom stereocenters. The first-order chi connectivity index (χ1) is 8.35. The van der Waals surface area contributed by atoms with Gasteiger partial charge in [0.2, 0.25) is 0 Å². The molecule has 0 saturated heterocycles. The molecule has 1 aliphatic carbocycles.